The summed E-state index contributed by atoms with van der Waals surface area (Å²) >= 11 is 2.05. The fraction of sp³-hybridized carbons (Fsp3) is 0.273. The van der Waals surface area contributed by atoms with Crippen LogP contribution in [0, 0.1) is 3.57 Å². The van der Waals surface area contributed by atoms with Crippen molar-refractivity contribution in [2.24, 2.45) is 0 Å². The fourth-order valence-corrected chi connectivity index (χ4v) is 2.25. The number of carboxylic acid groups (broad SMARTS) is 1. The molecule has 90 valence electrons. The van der Waals surface area contributed by atoms with Crippen LogP contribution in [0.15, 0.2) is 18.2 Å². The molecule has 1 aromatic rings. The number of carbonyl (C=O) groups is 2. The van der Waals surface area contributed by atoms with Crippen molar-refractivity contribution < 1.29 is 14.7 Å². The Morgan fingerprint density at radius 3 is 2.47 bits per heavy atom. The van der Waals surface area contributed by atoms with Gasteiger partial charge in [0.05, 0.1) is 0 Å². The highest BCUT2D eigenvalue weighted by atomic mass is 127. The molecule has 6 heteroatoms. The fourth-order valence-electron chi connectivity index (χ4n) is 1.55. The smallest absolute Gasteiger partial charge is 0.329 e. The van der Waals surface area contributed by atoms with E-state index in [4.69, 9.17) is 10.8 Å². The average Bonchev–Trinajstić information content (AvgIpc) is 2.97. The third-order valence-electron chi connectivity index (χ3n) is 2.69. The number of halogens is 1. The first-order valence-electron chi connectivity index (χ1n) is 5.05. The predicted octanol–water partition coefficient (Wildman–Crippen LogP) is 1.22. The van der Waals surface area contributed by atoms with E-state index in [9.17, 15) is 9.59 Å². The second-order valence-corrected chi connectivity index (χ2v) is 5.36. The Hall–Kier alpha value is -1.31. The van der Waals surface area contributed by atoms with E-state index in [1.807, 2.05) is 0 Å². The Kier molecular flexibility index (Phi) is 2.98. The standard InChI is InChI=1S/C11H11IN2O3/c12-7-3-6(4-8(13)5-7)9(15)14-11(1-2-11)10(16)17/h3-5H,1-2,13H2,(H,14,15)(H,16,17). The molecule has 0 heterocycles. The Balaban J connectivity index is 2.18. The normalized spacial score (nSPS) is 16.3. The van der Waals surface area contributed by atoms with Crippen LogP contribution in [0.25, 0.3) is 0 Å². The summed E-state index contributed by atoms with van der Waals surface area (Å²) < 4.78 is 0.841. The molecule has 0 radical (unpaired) electrons. The van der Waals surface area contributed by atoms with Gasteiger partial charge in [-0.2, -0.15) is 0 Å². The van der Waals surface area contributed by atoms with E-state index >= 15 is 0 Å². The number of anilines is 1. The van der Waals surface area contributed by atoms with Crippen molar-refractivity contribution in [3.8, 4) is 0 Å². The molecule has 2 rings (SSSR count). The molecule has 1 aromatic carbocycles. The number of hydrogen-bond acceptors (Lipinski definition) is 3. The molecule has 1 aliphatic carbocycles. The summed E-state index contributed by atoms with van der Waals surface area (Å²) in [7, 11) is 0. The number of nitrogens with two attached hydrogens (primary N) is 1. The van der Waals surface area contributed by atoms with Crippen LogP contribution in [-0.4, -0.2) is 22.5 Å². The summed E-state index contributed by atoms with van der Waals surface area (Å²) in [6.07, 6.45) is 0.959. The predicted molar refractivity (Wildman–Crippen MR) is 70.6 cm³/mol. The third kappa shape index (κ3) is 2.51. The first-order chi connectivity index (χ1) is 7.93. The lowest BCUT2D eigenvalue weighted by Crippen LogP contribution is -2.43. The van der Waals surface area contributed by atoms with Gasteiger partial charge >= 0.3 is 5.97 Å². The summed E-state index contributed by atoms with van der Waals surface area (Å²) in [5.41, 5.74) is 5.45. The Morgan fingerprint density at radius 1 is 1.35 bits per heavy atom. The average molecular weight is 346 g/mol. The maximum atomic E-state index is 11.9. The highest BCUT2D eigenvalue weighted by molar-refractivity contribution is 14.1. The number of nitrogen functional groups attached to an aromatic ring is 1. The number of benzene rings is 1. The molecule has 1 fully saturated rings. The molecule has 0 aromatic heterocycles. The summed E-state index contributed by atoms with van der Waals surface area (Å²) in [6, 6.07) is 4.95. The zero-order valence-corrected chi connectivity index (χ0v) is 11.0. The minimum Gasteiger partial charge on any atom is -0.480 e. The largest absolute Gasteiger partial charge is 0.480 e. The van der Waals surface area contributed by atoms with Gasteiger partial charge in [0.2, 0.25) is 0 Å². The van der Waals surface area contributed by atoms with Gasteiger partial charge in [-0.1, -0.05) is 0 Å². The Morgan fingerprint density at radius 2 is 2.00 bits per heavy atom. The van der Waals surface area contributed by atoms with Gasteiger partial charge < -0.3 is 16.2 Å². The molecule has 0 spiro atoms. The molecule has 0 unspecified atom stereocenters. The van der Waals surface area contributed by atoms with Crippen molar-refractivity contribution in [1.82, 2.24) is 5.32 Å². The number of carbonyl (C=O) groups excluding carboxylic acids is 1. The maximum Gasteiger partial charge on any atom is 0.329 e. The molecule has 0 aliphatic heterocycles. The first kappa shape index (κ1) is 12.2. The van der Waals surface area contributed by atoms with Gasteiger partial charge in [0.1, 0.15) is 5.54 Å². The van der Waals surface area contributed by atoms with E-state index in [0.29, 0.717) is 24.1 Å². The van der Waals surface area contributed by atoms with E-state index < -0.39 is 17.4 Å². The monoisotopic (exact) mass is 346 g/mol. The van der Waals surface area contributed by atoms with Crippen molar-refractivity contribution in [2.75, 3.05) is 5.73 Å². The molecule has 4 N–H and O–H groups in total. The van der Waals surface area contributed by atoms with E-state index in [0.717, 1.165) is 3.57 Å². The lowest BCUT2D eigenvalue weighted by Gasteiger charge is -2.12. The molecule has 1 amide bonds. The summed E-state index contributed by atoms with van der Waals surface area (Å²) in [6.45, 7) is 0. The van der Waals surface area contributed by atoms with Crippen LogP contribution in [0.1, 0.15) is 23.2 Å². The van der Waals surface area contributed by atoms with Crippen molar-refractivity contribution in [3.63, 3.8) is 0 Å². The van der Waals surface area contributed by atoms with E-state index in [2.05, 4.69) is 27.9 Å². The van der Waals surface area contributed by atoms with Crippen LogP contribution in [0.5, 0.6) is 0 Å². The number of nitrogens with one attached hydrogen (secondary N) is 1. The molecular weight excluding hydrogens is 335 g/mol. The van der Waals surface area contributed by atoms with Gasteiger partial charge in [0, 0.05) is 14.8 Å². The second kappa shape index (κ2) is 4.17. The van der Waals surface area contributed by atoms with Crippen LogP contribution in [0.3, 0.4) is 0 Å². The van der Waals surface area contributed by atoms with Gasteiger partial charge in [0.15, 0.2) is 0 Å². The van der Waals surface area contributed by atoms with Gasteiger partial charge in [-0.05, 0) is 53.6 Å². The van der Waals surface area contributed by atoms with Crippen LogP contribution in [0.2, 0.25) is 0 Å². The molecule has 0 atom stereocenters. The number of aliphatic carboxylic acids is 1. The summed E-state index contributed by atoms with van der Waals surface area (Å²) in [5, 5.41) is 11.5. The van der Waals surface area contributed by atoms with Crippen molar-refractivity contribution >= 4 is 40.2 Å². The van der Waals surface area contributed by atoms with Crippen LogP contribution >= 0.6 is 22.6 Å². The molecule has 1 aliphatic rings. The number of hydrogen-bond donors (Lipinski definition) is 3. The zero-order valence-electron chi connectivity index (χ0n) is 8.87. The maximum absolute atomic E-state index is 11.9. The van der Waals surface area contributed by atoms with Gasteiger partial charge in [-0.25, -0.2) is 4.79 Å². The highest BCUT2D eigenvalue weighted by Gasteiger charge is 2.51. The van der Waals surface area contributed by atoms with Crippen molar-refractivity contribution in [3.05, 3.63) is 27.3 Å². The summed E-state index contributed by atoms with van der Waals surface area (Å²) in [4.78, 5) is 22.8. The molecule has 17 heavy (non-hydrogen) atoms. The Labute approximate surface area is 112 Å². The van der Waals surface area contributed by atoms with Crippen LogP contribution < -0.4 is 11.1 Å². The van der Waals surface area contributed by atoms with Crippen molar-refractivity contribution in [1.29, 1.82) is 0 Å². The van der Waals surface area contributed by atoms with E-state index in [-0.39, 0.29) is 0 Å². The van der Waals surface area contributed by atoms with Crippen molar-refractivity contribution in [2.45, 2.75) is 18.4 Å². The zero-order chi connectivity index (χ0) is 12.6. The third-order valence-corrected chi connectivity index (χ3v) is 3.32. The number of rotatable bonds is 3. The summed E-state index contributed by atoms with van der Waals surface area (Å²) in [5.74, 6) is -1.38. The first-order valence-corrected chi connectivity index (χ1v) is 6.13. The SMILES string of the molecule is Nc1cc(I)cc(C(=O)NC2(C(=O)O)CC2)c1. The minimum absolute atomic E-state index is 0.391. The molecule has 5 nitrogen and oxygen atoms in total. The number of carboxylic acids is 1. The lowest BCUT2D eigenvalue weighted by atomic mass is 10.1. The molecule has 0 bridgehead atoms. The lowest BCUT2D eigenvalue weighted by molar-refractivity contribution is -0.140. The highest BCUT2D eigenvalue weighted by Crippen LogP contribution is 2.35. The van der Waals surface area contributed by atoms with E-state index in [1.165, 1.54) is 6.07 Å². The Bertz CT molecular complexity index is 477. The minimum atomic E-state index is -1.06. The van der Waals surface area contributed by atoms with Crippen LogP contribution in [-0.2, 0) is 4.79 Å². The quantitative estimate of drug-likeness (QED) is 0.567. The van der Waals surface area contributed by atoms with Crippen LogP contribution in [0.4, 0.5) is 5.69 Å². The molecule has 0 saturated heterocycles. The van der Waals surface area contributed by atoms with Gasteiger partial charge in [-0.15, -0.1) is 0 Å². The molecule has 1 saturated carbocycles. The topological polar surface area (TPSA) is 92.4 Å². The second-order valence-electron chi connectivity index (χ2n) is 4.11. The van der Waals surface area contributed by atoms with Gasteiger partial charge in [0.25, 0.3) is 5.91 Å². The van der Waals surface area contributed by atoms with Gasteiger partial charge in [-0.3, -0.25) is 4.79 Å². The van der Waals surface area contributed by atoms with E-state index in [1.54, 1.807) is 12.1 Å². The molecular formula is C11H11IN2O3. The number of amides is 1.